The third-order valence-electron chi connectivity index (χ3n) is 3.06. The summed E-state index contributed by atoms with van der Waals surface area (Å²) in [6, 6.07) is 2.41. The molecular weight excluding hydrogens is 320 g/mol. The zero-order valence-electron chi connectivity index (χ0n) is 11.1. The Balaban J connectivity index is 2.05. The molecule has 21 heavy (non-hydrogen) atoms. The molecule has 0 unspecified atom stereocenters. The molecule has 0 aliphatic carbocycles. The van der Waals surface area contributed by atoms with E-state index in [0.29, 0.717) is 19.6 Å². The van der Waals surface area contributed by atoms with Crippen molar-refractivity contribution in [3.63, 3.8) is 0 Å². The van der Waals surface area contributed by atoms with E-state index >= 15 is 0 Å². The van der Waals surface area contributed by atoms with Gasteiger partial charge in [0.1, 0.15) is 0 Å². The lowest BCUT2D eigenvalue weighted by molar-refractivity contribution is -0.143. The standard InChI is InChI=1S/C13H14Cl2FN3O2/c14-9-6-8(7-10(15)11(9)16)18-12(20)13(21)19-4-1-2-17-3-5-19/h6-7,17H,1-5H2,(H,18,20). The molecule has 1 aromatic carbocycles. The van der Waals surface area contributed by atoms with Crippen LogP contribution in [0.1, 0.15) is 6.42 Å². The molecule has 0 saturated carbocycles. The third-order valence-corrected chi connectivity index (χ3v) is 3.61. The number of hydrogen-bond donors (Lipinski definition) is 2. The summed E-state index contributed by atoms with van der Waals surface area (Å²) in [5.41, 5.74) is 0.178. The molecule has 1 aliphatic heterocycles. The van der Waals surface area contributed by atoms with Crippen LogP contribution in [0.4, 0.5) is 10.1 Å². The molecule has 0 bridgehead atoms. The van der Waals surface area contributed by atoms with Crippen LogP contribution in [0.5, 0.6) is 0 Å². The Hall–Kier alpha value is -1.37. The lowest BCUT2D eigenvalue weighted by Crippen LogP contribution is -2.41. The monoisotopic (exact) mass is 333 g/mol. The van der Waals surface area contributed by atoms with Gasteiger partial charge in [-0.05, 0) is 25.1 Å². The number of nitrogens with zero attached hydrogens (tertiary/aromatic N) is 1. The van der Waals surface area contributed by atoms with Crippen molar-refractivity contribution in [3.8, 4) is 0 Å². The first-order valence-electron chi connectivity index (χ1n) is 6.44. The van der Waals surface area contributed by atoms with Crippen LogP contribution < -0.4 is 10.6 Å². The Morgan fingerprint density at radius 2 is 1.86 bits per heavy atom. The summed E-state index contributed by atoms with van der Waals surface area (Å²) in [4.78, 5) is 25.4. The molecule has 114 valence electrons. The quantitative estimate of drug-likeness (QED) is 0.609. The number of carbonyl (C=O) groups is 2. The van der Waals surface area contributed by atoms with E-state index in [1.807, 2.05) is 0 Å². The van der Waals surface area contributed by atoms with Gasteiger partial charge in [-0.25, -0.2) is 4.39 Å². The Morgan fingerprint density at radius 3 is 2.52 bits per heavy atom. The average Bonchev–Trinajstić information content (AvgIpc) is 2.72. The van der Waals surface area contributed by atoms with Crippen LogP contribution in [0.25, 0.3) is 0 Å². The molecule has 0 atom stereocenters. The van der Waals surface area contributed by atoms with Crippen LogP contribution in [0, 0.1) is 5.82 Å². The summed E-state index contributed by atoms with van der Waals surface area (Å²) in [6.07, 6.45) is 0.785. The van der Waals surface area contributed by atoms with Crippen molar-refractivity contribution in [1.29, 1.82) is 0 Å². The number of nitrogens with one attached hydrogen (secondary N) is 2. The van der Waals surface area contributed by atoms with Crippen molar-refractivity contribution in [2.75, 3.05) is 31.5 Å². The van der Waals surface area contributed by atoms with Gasteiger partial charge in [-0.3, -0.25) is 9.59 Å². The predicted octanol–water partition coefficient (Wildman–Crippen LogP) is 1.89. The minimum absolute atomic E-state index is 0.178. The van der Waals surface area contributed by atoms with Crippen molar-refractivity contribution in [1.82, 2.24) is 10.2 Å². The highest BCUT2D eigenvalue weighted by Gasteiger charge is 2.23. The summed E-state index contributed by atoms with van der Waals surface area (Å²) >= 11 is 11.3. The van der Waals surface area contributed by atoms with Crippen LogP contribution in [-0.4, -0.2) is 42.9 Å². The molecule has 0 spiro atoms. The third kappa shape index (κ3) is 4.06. The van der Waals surface area contributed by atoms with Crippen molar-refractivity contribution >= 4 is 40.7 Å². The summed E-state index contributed by atoms with van der Waals surface area (Å²) in [5, 5.41) is 5.09. The first kappa shape index (κ1) is 16.0. The van der Waals surface area contributed by atoms with E-state index in [9.17, 15) is 14.0 Å². The van der Waals surface area contributed by atoms with Crippen molar-refractivity contribution in [2.24, 2.45) is 0 Å². The second-order valence-corrected chi connectivity index (χ2v) is 5.42. The highest BCUT2D eigenvalue weighted by atomic mass is 35.5. The molecule has 1 aromatic rings. The normalized spacial score (nSPS) is 15.5. The number of carbonyl (C=O) groups excluding carboxylic acids is 2. The van der Waals surface area contributed by atoms with Crippen LogP contribution in [0.3, 0.4) is 0 Å². The van der Waals surface area contributed by atoms with Crippen molar-refractivity contribution in [3.05, 3.63) is 28.0 Å². The maximum Gasteiger partial charge on any atom is 0.313 e. The fraction of sp³-hybridized carbons (Fsp3) is 0.385. The fourth-order valence-corrected chi connectivity index (χ4v) is 2.49. The summed E-state index contributed by atoms with van der Waals surface area (Å²) in [5.74, 6) is -2.19. The van der Waals surface area contributed by atoms with E-state index in [1.165, 1.54) is 17.0 Å². The van der Waals surface area contributed by atoms with Gasteiger partial charge in [0.25, 0.3) is 0 Å². The Bertz CT molecular complexity index is 537. The summed E-state index contributed by atoms with van der Waals surface area (Å²) < 4.78 is 13.3. The van der Waals surface area contributed by atoms with E-state index in [4.69, 9.17) is 23.2 Å². The molecule has 1 heterocycles. The zero-order chi connectivity index (χ0) is 15.4. The number of rotatable bonds is 1. The second kappa shape index (κ2) is 7.06. The van der Waals surface area contributed by atoms with E-state index < -0.39 is 17.6 Å². The van der Waals surface area contributed by atoms with Gasteiger partial charge >= 0.3 is 11.8 Å². The highest BCUT2D eigenvalue weighted by molar-refractivity contribution is 6.40. The smallest absolute Gasteiger partial charge is 0.313 e. The fourth-order valence-electron chi connectivity index (χ4n) is 2.00. The van der Waals surface area contributed by atoms with Gasteiger partial charge < -0.3 is 15.5 Å². The minimum Gasteiger partial charge on any atom is -0.333 e. The molecule has 1 saturated heterocycles. The second-order valence-electron chi connectivity index (χ2n) is 4.60. The zero-order valence-corrected chi connectivity index (χ0v) is 12.6. The molecule has 1 aliphatic rings. The van der Waals surface area contributed by atoms with E-state index in [0.717, 1.165) is 13.0 Å². The van der Waals surface area contributed by atoms with E-state index in [-0.39, 0.29) is 15.7 Å². The van der Waals surface area contributed by atoms with Crippen LogP contribution >= 0.6 is 23.2 Å². The number of amides is 2. The molecule has 2 rings (SSSR count). The summed E-state index contributed by atoms with van der Waals surface area (Å²) in [6.45, 7) is 2.45. The minimum atomic E-state index is -0.796. The van der Waals surface area contributed by atoms with Crippen LogP contribution in [0.2, 0.25) is 10.0 Å². The largest absolute Gasteiger partial charge is 0.333 e. The average molecular weight is 334 g/mol. The maximum atomic E-state index is 13.3. The van der Waals surface area contributed by atoms with Gasteiger partial charge in [0.15, 0.2) is 5.82 Å². The molecule has 5 nitrogen and oxygen atoms in total. The van der Waals surface area contributed by atoms with Crippen molar-refractivity contribution in [2.45, 2.75) is 6.42 Å². The summed E-state index contributed by atoms with van der Waals surface area (Å²) in [7, 11) is 0. The van der Waals surface area contributed by atoms with Crippen LogP contribution in [-0.2, 0) is 9.59 Å². The Kier molecular flexibility index (Phi) is 5.39. The molecule has 8 heteroatoms. The first-order chi connectivity index (χ1) is 9.99. The van der Waals surface area contributed by atoms with Gasteiger partial charge in [0, 0.05) is 25.3 Å². The van der Waals surface area contributed by atoms with E-state index in [2.05, 4.69) is 10.6 Å². The molecule has 0 radical (unpaired) electrons. The molecule has 2 N–H and O–H groups in total. The number of halogens is 3. The number of anilines is 1. The van der Waals surface area contributed by atoms with Crippen molar-refractivity contribution < 1.29 is 14.0 Å². The van der Waals surface area contributed by atoms with Gasteiger partial charge in [-0.2, -0.15) is 0 Å². The SMILES string of the molecule is O=C(Nc1cc(Cl)c(F)c(Cl)c1)C(=O)N1CCCNCC1. The number of benzene rings is 1. The topological polar surface area (TPSA) is 61.4 Å². The van der Waals surface area contributed by atoms with Gasteiger partial charge in [0.2, 0.25) is 0 Å². The molecular formula is C13H14Cl2FN3O2. The van der Waals surface area contributed by atoms with Gasteiger partial charge in [0.05, 0.1) is 10.0 Å². The first-order valence-corrected chi connectivity index (χ1v) is 7.20. The van der Waals surface area contributed by atoms with E-state index in [1.54, 1.807) is 0 Å². The van der Waals surface area contributed by atoms with Gasteiger partial charge in [-0.15, -0.1) is 0 Å². The molecule has 0 aromatic heterocycles. The number of hydrogen-bond acceptors (Lipinski definition) is 3. The predicted molar refractivity (Wildman–Crippen MR) is 79.1 cm³/mol. The molecule has 2 amide bonds. The van der Waals surface area contributed by atoms with Gasteiger partial charge in [-0.1, -0.05) is 23.2 Å². The lowest BCUT2D eigenvalue weighted by Gasteiger charge is -2.19. The molecule has 1 fully saturated rings. The van der Waals surface area contributed by atoms with Crippen LogP contribution in [0.15, 0.2) is 12.1 Å². The Morgan fingerprint density at radius 1 is 1.19 bits per heavy atom. The highest BCUT2D eigenvalue weighted by Crippen LogP contribution is 2.27. The lowest BCUT2D eigenvalue weighted by atomic mass is 10.3. The Labute approximate surface area is 131 Å². The maximum absolute atomic E-state index is 13.3.